The summed E-state index contributed by atoms with van der Waals surface area (Å²) in [6.45, 7) is 2.11. The van der Waals surface area contributed by atoms with Crippen LogP contribution in [0.25, 0.3) is 0 Å². The van der Waals surface area contributed by atoms with Gasteiger partial charge >= 0.3 is 0 Å². The Morgan fingerprint density at radius 2 is 1.69 bits per heavy atom. The van der Waals surface area contributed by atoms with Crippen LogP contribution in [0, 0.1) is 6.92 Å². The number of hydrogen-bond acceptors (Lipinski definition) is 1. The third-order valence-corrected chi connectivity index (χ3v) is 4.21. The highest BCUT2D eigenvalue weighted by Gasteiger charge is 1.99. The molecule has 2 rings (SSSR count). The molecule has 0 saturated heterocycles. The Morgan fingerprint density at radius 1 is 1.00 bits per heavy atom. The highest BCUT2D eigenvalue weighted by Crippen LogP contribution is 2.26. The first-order valence-corrected chi connectivity index (χ1v) is 6.96. The molecule has 0 aliphatic heterocycles. The zero-order valence-corrected chi connectivity index (χ0v) is 11.5. The van der Waals surface area contributed by atoms with Crippen molar-refractivity contribution in [3.05, 3.63) is 64.1 Å². The first-order valence-electron chi connectivity index (χ1n) is 5.18. The van der Waals surface area contributed by atoms with Crippen LogP contribution in [0.5, 0.6) is 0 Å². The molecule has 0 unspecified atom stereocenters. The van der Waals surface area contributed by atoms with E-state index in [2.05, 4.69) is 65.3 Å². The van der Waals surface area contributed by atoms with Crippen molar-refractivity contribution >= 4 is 27.7 Å². The summed E-state index contributed by atoms with van der Waals surface area (Å²) >= 11 is 5.43. The van der Waals surface area contributed by atoms with Crippen LogP contribution in [0.3, 0.4) is 0 Å². The van der Waals surface area contributed by atoms with Crippen molar-refractivity contribution in [1.29, 1.82) is 0 Å². The number of halogens is 1. The third kappa shape index (κ3) is 3.13. The molecule has 0 fully saturated rings. The van der Waals surface area contributed by atoms with Crippen LogP contribution >= 0.6 is 27.7 Å². The molecule has 2 aromatic rings. The first kappa shape index (κ1) is 11.7. The lowest BCUT2D eigenvalue weighted by molar-refractivity contribution is 1.34. The van der Waals surface area contributed by atoms with E-state index in [4.69, 9.17) is 0 Å². The second-order valence-electron chi connectivity index (χ2n) is 3.69. The van der Waals surface area contributed by atoms with Gasteiger partial charge < -0.3 is 0 Å². The van der Waals surface area contributed by atoms with Crippen LogP contribution in [0.2, 0.25) is 0 Å². The number of hydrogen-bond donors (Lipinski definition) is 0. The second-order valence-corrected chi connectivity index (χ2v) is 5.60. The molecule has 0 amide bonds. The van der Waals surface area contributed by atoms with Gasteiger partial charge in [-0.15, -0.1) is 11.8 Å². The van der Waals surface area contributed by atoms with Crippen LogP contribution < -0.4 is 0 Å². The summed E-state index contributed by atoms with van der Waals surface area (Å²) in [5.41, 5.74) is 2.65. The van der Waals surface area contributed by atoms with Gasteiger partial charge in [-0.1, -0.05) is 51.8 Å². The summed E-state index contributed by atoms with van der Waals surface area (Å²) in [6.07, 6.45) is 0. The lowest BCUT2D eigenvalue weighted by atomic mass is 10.2. The molecule has 2 aromatic carbocycles. The minimum absolute atomic E-state index is 1.00. The molecular formula is C14H13BrS. The molecule has 0 nitrogen and oxygen atoms in total. The van der Waals surface area contributed by atoms with Crippen LogP contribution in [0.15, 0.2) is 57.9 Å². The Kier molecular flexibility index (Phi) is 4.08. The van der Waals surface area contributed by atoms with Gasteiger partial charge in [0.25, 0.3) is 0 Å². The molecule has 0 N–H and O–H groups in total. The first-order chi connectivity index (χ1) is 7.75. The fourth-order valence-electron chi connectivity index (χ4n) is 1.41. The zero-order chi connectivity index (χ0) is 11.4. The van der Waals surface area contributed by atoms with E-state index in [-0.39, 0.29) is 0 Å². The maximum atomic E-state index is 3.57. The van der Waals surface area contributed by atoms with Gasteiger partial charge in [-0.2, -0.15) is 0 Å². The van der Waals surface area contributed by atoms with Crippen molar-refractivity contribution in [2.75, 3.05) is 0 Å². The average molecular weight is 293 g/mol. The molecule has 0 bridgehead atoms. The summed E-state index contributed by atoms with van der Waals surface area (Å²) < 4.78 is 1.19. The summed E-state index contributed by atoms with van der Waals surface area (Å²) in [5.74, 6) is 1.00. The zero-order valence-electron chi connectivity index (χ0n) is 9.11. The van der Waals surface area contributed by atoms with Gasteiger partial charge in [0.15, 0.2) is 0 Å². The molecule has 0 saturated carbocycles. The SMILES string of the molecule is Cc1ccc(SCc2ccccc2Br)cc1. The van der Waals surface area contributed by atoms with Gasteiger partial charge in [0.05, 0.1) is 0 Å². The Balaban J connectivity index is 2.02. The maximum Gasteiger partial charge on any atom is 0.0243 e. The Labute approximate surface area is 109 Å². The van der Waals surface area contributed by atoms with Crippen LogP contribution in [-0.2, 0) is 5.75 Å². The highest BCUT2D eigenvalue weighted by molar-refractivity contribution is 9.10. The summed E-state index contributed by atoms with van der Waals surface area (Å²) in [7, 11) is 0. The van der Waals surface area contributed by atoms with Gasteiger partial charge in [-0.25, -0.2) is 0 Å². The summed E-state index contributed by atoms with van der Waals surface area (Å²) in [5, 5.41) is 0. The number of thioether (sulfide) groups is 1. The van der Waals surface area contributed by atoms with E-state index in [9.17, 15) is 0 Å². The summed E-state index contributed by atoms with van der Waals surface area (Å²) in [4.78, 5) is 1.32. The molecule has 0 heterocycles. The van der Waals surface area contributed by atoms with Gasteiger partial charge in [-0.05, 0) is 30.7 Å². The van der Waals surface area contributed by atoms with Crippen molar-refractivity contribution in [1.82, 2.24) is 0 Å². The molecule has 0 aliphatic rings. The molecule has 0 radical (unpaired) electrons. The fourth-order valence-corrected chi connectivity index (χ4v) is 2.92. The Bertz CT molecular complexity index is 462. The quantitative estimate of drug-likeness (QED) is 0.714. The van der Waals surface area contributed by atoms with E-state index in [0.29, 0.717) is 0 Å². The van der Waals surface area contributed by atoms with E-state index in [1.807, 2.05) is 17.8 Å². The molecule has 0 aromatic heterocycles. The van der Waals surface area contributed by atoms with E-state index >= 15 is 0 Å². The molecule has 16 heavy (non-hydrogen) atoms. The van der Waals surface area contributed by atoms with Crippen molar-refractivity contribution in [2.45, 2.75) is 17.6 Å². The maximum absolute atomic E-state index is 3.57. The normalized spacial score (nSPS) is 10.4. The van der Waals surface area contributed by atoms with Crippen LogP contribution in [-0.4, -0.2) is 0 Å². The van der Waals surface area contributed by atoms with Gasteiger partial charge in [0.2, 0.25) is 0 Å². The Morgan fingerprint density at radius 3 is 2.38 bits per heavy atom. The number of benzene rings is 2. The minimum Gasteiger partial charge on any atom is -0.121 e. The minimum atomic E-state index is 1.00. The van der Waals surface area contributed by atoms with E-state index in [1.165, 1.54) is 20.5 Å². The second kappa shape index (κ2) is 5.55. The van der Waals surface area contributed by atoms with E-state index < -0.39 is 0 Å². The van der Waals surface area contributed by atoms with E-state index in [1.54, 1.807) is 0 Å². The van der Waals surface area contributed by atoms with Crippen molar-refractivity contribution < 1.29 is 0 Å². The standard InChI is InChI=1S/C14H13BrS/c1-11-6-8-13(9-7-11)16-10-12-4-2-3-5-14(12)15/h2-9H,10H2,1H3. The van der Waals surface area contributed by atoms with Crippen molar-refractivity contribution in [3.8, 4) is 0 Å². The molecular weight excluding hydrogens is 280 g/mol. The van der Waals surface area contributed by atoms with Crippen molar-refractivity contribution in [2.24, 2.45) is 0 Å². The van der Waals surface area contributed by atoms with Gasteiger partial charge in [0.1, 0.15) is 0 Å². The predicted molar refractivity (Wildman–Crippen MR) is 74.9 cm³/mol. The fraction of sp³-hybridized carbons (Fsp3) is 0.143. The predicted octanol–water partition coefficient (Wildman–Crippen LogP) is 5.05. The largest absolute Gasteiger partial charge is 0.121 e. The van der Waals surface area contributed by atoms with Gasteiger partial charge in [0, 0.05) is 15.1 Å². The molecule has 0 spiro atoms. The molecule has 2 heteroatoms. The number of rotatable bonds is 3. The molecule has 82 valence electrons. The topological polar surface area (TPSA) is 0 Å². The third-order valence-electron chi connectivity index (χ3n) is 2.37. The van der Waals surface area contributed by atoms with Crippen LogP contribution in [0.1, 0.15) is 11.1 Å². The highest BCUT2D eigenvalue weighted by atomic mass is 79.9. The lowest BCUT2D eigenvalue weighted by Crippen LogP contribution is -1.82. The van der Waals surface area contributed by atoms with Crippen LogP contribution in [0.4, 0.5) is 0 Å². The lowest BCUT2D eigenvalue weighted by Gasteiger charge is -2.04. The monoisotopic (exact) mass is 292 g/mol. The van der Waals surface area contributed by atoms with Gasteiger partial charge in [-0.3, -0.25) is 0 Å². The van der Waals surface area contributed by atoms with E-state index in [0.717, 1.165) is 5.75 Å². The average Bonchev–Trinajstić information content (AvgIpc) is 2.30. The Hall–Kier alpha value is -0.730. The molecule has 0 aliphatic carbocycles. The smallest absolute Gasteiger partial charge is 0.0243 e. The van der Waals surface area contributed by atoms with Crippen molar-refractivity contribution in [3.63, 3.8) is 0 Å². The summed E-state index contributed by atoms with van der Waals surface area (Å²) in [6, 6.07) is 17.0. The number of aryl methyl sites for hydroxylation is 1. The molecule has 0 atom stereocenters.